The maximum absolute atomic E-state index is 12.2. The third kappa shape index (κ3) is 3.56. The van der Waals surface area contributed by atoms with Gasteiger partial charge in [-0.05, 0) is 19.3 Å². The number of aliphatic hydroxyl groups is 1. The molecule has 0 aliphatic heterocycles. The lowest BCUT2D eigenvalue weighted by Crippen LogP contribution is -2.36. The first kappa shape index (κ1) is 14.1. The van der Waals surface area contributed by atoms with Gasteiger partial charge in [-0.1, -0.05) is 26.2 Å². The smallest absolute Gasteiger partial charge is 0.293 e. The van der Waals surface area contributed by atoms with Crippen LogP contribution in [0.1, 0.15) is 45.4 Å². The highest BCUT2D eigenvalue weighted by Crippen LogP contribution is 2.20. The second-order valence-electron chi connectivity index (χ2n) is 5.23. The van der Waals surface area contributed by atoms with Crippen molar-refractivity contribution in [3.05, 3.63) is 22.7 Å². The fourth-order valence-corrected chi connectivity index (χ4v) is 2.60. The van der Waals surface area contributed by atoms with Gasteiger partial charge in [0, 0.05) is 18.9 Å². The highest BCUT2D eigenvalue weighted by Gasteiger charge is 2.22. The molecular formula is C14H23N3O2. The minimum atomic E-state index is -0.386. The van der Waals surface area contributed by atoms with Crippen LogP contribution in [0.2, 0.25) is 0 Å². The molecule has 0 bridgehead atoms. The van der Waals surface area contributed by atoms with Crippen molar-refractivity contribution >= 4 is 5.82 Å². The first-order valence-electron chi connectivity index (χ1n) is 7.22. The molecule has 106 valence electrons. The van der Waals surface area contributed by atoms with Crippen molar-refractivity contribution in [1.82, 2.24) is 9.55 Å². The van der Waals surface area contributed by atoms with E-state index in [-0.39, 0.29) is 17.7 Å². The summed E-state index contributed by atoms with van der Waals surface area (Å²) in [5, 5.41) is 13.2. The van der Waals surface area contributed by atoms with Gasteiger partial charge >= 0.3 is 0 Å². The molecule has 0 saturated heterocycles. The minimum Gasteiger partial charge on any atom is -0.391 e. The van der Waals surface area contributed by atoms with Crippen LogP contribution in [0.4, 0.5) is 5.82 Å². The Bertz CT molecular complexity index is 458. The van der Waals surface area contributed by atoms with Crippen LogP contribution in [0.25, 0.3) is 0 Å². The molecule has 2 unspecified atom stereocenters. The van der Waals surface area contributed by atoms with Gasteiger partial charge < -0.3 is 15.0 Å². The van der Waals surface area contributed by atoms with Crippen LogP contribution in [0.15, 0.2) is 17.2 Å². The summed E-state index contributed by atoms with van der Waals surface area (Å²) in [6.07, 6.45) is 8.87. The lowest BCUT2D eigenvalue weighted by Gasteiger charge is -2.22. The van der Waals surface area contributed by atoms with Crippen molar-refractivity contribution in [1.29, 1.82) is 0 Å². The molecule has 0 radical (unpaired) electrons. The lowest BCUT2D eigenvalue weighted by atomic mass is 10.1. The third-order valence-corrected chi connectivity index (χ3v) is 3.68. The average Bonchev–Trinajstić information content (AvgIpc) is 2.60. The molecule has 1 aromatic heterocycles. The number of nitrogens with one attached hydrogen (secondary N) is 1. The summed E-state index contributed by atoms with van der Waals surface area (Å²) >= 11 is 0. The average molecular weight is 265 g/mol. The Morgan fingerprint density at radius 1 is 1.42 bits per heavy atom. The van der Waals surface area contributed by atoms with E-state index in [9.17, 15) is 9.90 Å². The van der Waals surface area contributed by atoms with E-state index in [0.717, 1.165) is 38.5 Å². The van der Waals surface area contributed by atoms with E-state index in [0.29, 0.717) is 12.4 Å². The Morgan fingerprint density at radius 3 is 3.00 bits per heavy atom. The summed E-state index contributed by atoms with van der Waals surface area (Å²) in [6.45, 7) is 2.73. The summed E-state index contributed by atoms with van der Waals surface area (Å²) in [4.78, 5) is 16.3. The van der Waals surface area contributed by atoms with Crippen LogP contribution in [-0.2, 0) is 6.54 Å². The highest BCUT2D eigenvalue weighted by atomic mass is 16.3. The topological polar surface area (TPSA) is 67.2 Å². The molecule has 2 rings (SSSR count). The number of rotatable bonds is 4. The maximum atomic E-state index is 12.2. The number of hydrogen-bond acceptors (Lipinski definition) is 4. The lowest BCUT2D eigenvalue weighted by molar-refractivity contribution is 0.144. The predicted octanol–water partition coefficient (Wildman–Crippen LogP) is 1.76. The van der Waals surface area contributed by atoms with E-state index < -0.39 is 0 Å². The van der Waals surface area contributed by atoms with E-state index in [1.54, 1.807) is 17.0 Å². The van der Waals surface area contributed by atoms with Gasteiger partial charge in [0.25, 0.3) is 5.56 Å². The van der Waals surface area contributed by atoms with Crippen molar-refractivity contribution in [2.45, 2.75) is 64.1 Å². The molecule has 0 amide bonds. The first-order chi connectivity index (χ1) is 9.22. The molecule has 1 aromatic rings. The van der Waals surface area contributed by atoms with Gasteiger partial charge in [0.2, 0.25) is 0 Å². The van der Waals surface area contributed by atoms with Gasteiger partial charge in [0.1, 0.15) is 0 Å². The molecule has 0 spiro atoms. The molecule has 1 fully saturated rings. The SMILES string of the molecule is CCCn1ccnc(NC2CCCCCC2O)c1=O. The molecule has 19 heavy (non-hydrogen) atoms. The van der Waals surface area contributed by atoms with Gasteiger partial charge in [-0.15, -0.1) is 0 Å². The van der Waals surface area contributed by atoms with Crippen molar-refractivity contribution < 1.29 is 5.11 Å². The number of nitrogens with zero attached hydrogens (tertiary/aromatic N) is 2. The number of anilines is 1. The summed E-state index contributed by atoms with van der Waals surface area (Å²) in [7, 11) is 0. The molecule has 1 heterocycles. The molecule has 2 N–H and O–H groups in total. The van der Waals surface area contributed by atoms with E-state index in [1.807, 2.05) is 6.92 Å². The number of hydrogen-bond donors (Lipinski definition) is 2. The maximum Gasteiger partial charge on any atom is 0.293 e. The number of aryl methyl sites for hydroxylation is 1. The standard InChI is InChI=1S/C14H23N3O2/c1-2-9-17-10-8-15-13(14(17)19)16-11-6-4-3-5-7-12(11)18/h8,10-12,18H,2-7,9H2,1H3,(H,15,16). The van der Waals surface area contributed by atoms with Gasteiger partial charge in [-0.2, -0.15) is 0 Å². The summed E-state index contributed by atoms with van der Waals surface area (Å²) < 4.78 is 1.67. The molecule has 1 aliphatic rings. The molecule has 0 aromatic carbocycles. The Morgan fingerprint density at radius 2 is 2.21 bits per heavy atom. The van der Waals surface area contributed by atoms with E-state index >= 15 is 0 Å². The predicted molar refractivity (Wildman–Crippen MR) is 75.3 cm³/mol. The largest absolute Gasteiger partial charge is 0.391 e. The number of aliphatic hydroxyl groups excluding tert-OH is 1. The summed E-state index contributed by atoms with van der Waals surface area (Å²) in [5.41, 5.74) is -0.0965. The normalized spacial score (nSPS) is 23.9. The van der Waals surface area contributed by atoms with Gasteiger partial charge in [0.15, 0.2) is 5.82 Å². The number of aromatic nitrogens is 2. The van der Waals surface area contributed by atoms with Gasteiger partial charge in [0.05, 0.1) is 12.1 Å². The second kappa shape index (κ2) is 6.70. The Labute approximate surface area is 113 Å². The zero-order valence-electron chi connectivity index (χ0n) is 11.5. The van der Waals surface area contributed by atoms with E-state index in [2.05, 4.69) is 10.3 Å². The van der Waals surface area contributed by atoms with Crippen LogP contribution in [0.5, 0.6) is 0 Å². The fourth-order valence-electron chi connectivity index (χ4n) is 2.60. The summed E-state index contributed by atoms with van der Waals surface area (Å²) in [6, 6.07) is -0.0554. The minimum absolute atomic E-state index is 0.0554. The molecule has 1 saturated carbocycles. The zero-order chi connectivity index (χ0) is 13.7. The van der Waals surface area contributed by atoms with Crippen LogP contribution in [0.3, 0.4) is 0 Å². The molecule has 2 atom stereocenters. The van der Waals surface area contributed by atoms with Crippen LogP contribution < -0.4 is 10.9 Å². The third-order valence-electron chi connectivity index (χ3n) is 3.68. The van der Waals surface area contributed by atoms with Crippen molar-refractivity contribution in [3.63, 3.8) is 0 Å². The van der Waals surface area contributed by atoms with Crippen LogP contribution in [0, 0.1) is 0 Å². The molecule has 5 nitrogen and oxygen atoms in total. The van der Waals surface area contributed by atoms with Crippen molar-refractivity contribution in [3.8, 4) is 0 Å². The molecule has 1 aliphatic carbocycles. The Balaban J connectivity index is 2.13. The van der Waals surface area contributed by atoms with E-state index in [1.165, 1.54) is 0 Å². The first-order valence-corrected chi connectivity index (χ1v) is 7.22. The van der Waals surface area contributed by atoms with Crippen molar-refractivity contribution in [2.75, 3.05) is 5.32 Å². The summed E-state index contributed by atoms with van der Waals surface area (Å²) in [5.74, 6) is 0.363. The van der Waals surface area contributed by atoms with Gasteiger partial charge in [-0.3, -0.25) is 4.79 Å². The van der Waals surface area contributed by atoms with Crippen LogP contribution >= 0.6 is 0 Å². The highest BCUT2D eigenvalue weighted by molar-refractivity contribution is 5.32. The quantitative estimate of drug-likeness (QED) is 0.814. The van der Waals surface area contributed by atoms with E-state index in [4.69, 9.17) is 0 Å². The second-order valence-corrected chi connectivity index (χ2v) is 5.23. The van der Waals surface area contributed by atoms with Gasteiger partial charge in [-0.25, -0.2) is 4.98 Å². The van der Waals surface area contributed by atoms with Crippen molar-refractivity contribution in [2.24, 2.45) is 0 Å². The molecule has 5 heteroatoms. The fraction of sp³-hybridized carbons (Fsp3) is 0.714. The monoisotopic (exact) mass is 265 g/mol. The molecular weight excluding hydrogens is 242 g/mol. The van der Waals surface area contributed by atoms with Crippen LogP contribution in [-0.4, -0.2) is 26.8 Å². The zero-order valence-corrected chi connectivity index (χ0v) is 11.5. The Kier molecular flexibility index (Phi) is 4.96. The Hall–Kier alpha value is -1.36.